The predicted octanol–water partition coefficient (Wildman–Crippen LogP) is -2.03. The molecule has 0 N–H and O–H groups in total. The van der Waals surface area contributed by atoms with Gasteiger partial charge in [0.05, 0.1) is 0 Å². The van der Waals surface area contributed by atoms with E-state index in [2.05, 4.69) is 16.3 Å². The van der Waals surface area contributed by atoms with Crippen LogP contribution in [0.25, 0.3) is 0 Å². The van der Waals surface area contributed by atoms with E-state index >= 15 is 0 Å². The van der Waals surface area contributed by atoms with E-state index in [-0.39, 0.29) is 21.2 Å². The Hall–Kier alpha value is 0.190. The van der Waals surface area contributed by atoms with Gasteiger partial charge in [0.1, 0.15) is 0 Å². The zero-order chi connectivity index (χ0) is 7.98. The second-order valence-corrected chi connectivity index (χ2v) is 4.32. The molecule has 0 aliphatic carbocycles. The molecule has 0 fully saturated rings. The third kappa shape index (κ3) is 4.08. The van der Waals surface area contributed by atoms with Gasteiger partial charge in [-0.05, 0) is 0 Å². The summed E-state index contributed by atoms with van der Waals surface area (Å²) in [6, 6.07) is 0. The van der Waals surface area contributed by atoms with Gasteiger partial charge in [0.2, 0.25) is 0 Å². The van der Waals surface area contributed by atoms with Crippen molar-refractivity contribution >= 4 is 0 Å². The van der Waals surface area contributed by atoms with Crippen molar-refractivity contribution in [3.05, 3.63) is 17.5 Å². The van der Waals surface area contributed by atoms with E-state index in [9.17, 15) is 5.21 Å². The first-order valence-corrected chi connectivity index (χ1v) is 6.53. The van der Waals surface area contributed by atoms with Crippen LogP contribution in [-0.2, 0) is 4.84 Å². The zero-order valence-corrected chi connectivity index (χ0v) is 8.42. The van der Waals surface area contributed by atoms with Crippen LogP contribution in [0.2, 0.25) is 0 Å². The van der Waals surface area contributed by atoms with Gasteiger partial charge in [0.25, 0.3) is 0 Å². The van der Waals surface area contributed by atoms with Gasteiger partial charge < -0.3 is 0 Å². The standard InChI is InChI=1S/C6H12INO2/c1-6(4-5-7-2)8(9)10-3/h1,4-5H2,2-3H3/q-2. The van der Waals surface area contributed by atoms with Gasteiger partial charge >= 0.3 is 71.6 Å². The Bertz CT molecular complexity index is 108. The monoisotopic (exact) mass is 257 g/mol. The first-order valence-electron chi connectivity index (χ1n) is 2.85. The van der Waals surface area contributed by atoms with Gasteiger partial charge in [0, 0.05) is 0 Å². The number of hydrogen-bond donors (Lipinski definition) is 0. The number of allylic oxidation sites excluding steroid dienone is 1. The van der Waals surface area contributed by atoms with Crippen molar-refractivity contribution in [3.8, 4) is 0 Å². The first kappa shape index (κ1) is 10.2. The number of rotatable bonds is 5. The van der Waals surface area contributed by atoms with E-state index in [1.165, 1.54) is 7.11 Å². The molecular weight excluding hydrogens is 245 g/mol. The van der Waals surface area contributed by atoms with Crippen LogP contribution in [0.5, 0.6) is 0 Å². The molecule has 4 heteroatoms. The summed E-state index contributed by atoms with van der Waals surface area (Å²) in [4.78, 5) is 6.57. The Kier molecular flexibility index (Phi) is 6.05. The zero-order valence-electron chi connectivity index (χ0n) is 6.26. The summed E-state index contributed by atoms with van der Waals surface area (Å²) in [6.07, 6.45) is 0.765. The van der Waals surface area contributed by atoms with Crippen LogP contribution in [0.3, 0.4) is 0 Å². The van der Waals surface area contributed by atoms with Gasteiger partial charge in [-0.15, -0.1) is 0 Å². The van der Waals surface area contributed by atoms with E-state index in [0.29, 0.717) is 10.9 Å². The number of halogens is 1. The Morgan fingerprint density at radius 3 is 2.80 bits per heavy atom. The molecule has 0 aliphatic rings. The minimum absolute atomic E-state index is 0.261. The molecule has 0 spiro atoms. The summed E-state index contributed by atoms with van der Waals surface area (Å²) in [7, 11) is 1.35. The van der Waals surface area contributed by atoms with Crippen LogP contribution in [0.4, 0.5) is 0 Å². The Morgan fingerprint density at radius 2 is 2.40 bits per heavy atom. The molecular formula is C6H12INO2-2. The quantitative estimate of drug-likeness (QED) is 0.324. The molecule has 10 heavy (non-hydrogen) atoms. The van der Waals surface area contributed by atoms with E-state index in [1.54, 1.807) is 0 Å². The Morgan fingerprint density at radius 1 is 1.80 bits per heavy atom. The van der Waals surface area contributed by atoms with Crippen molar-refractivity contribution < 1.29 is 26.0 Å². The van der Waals surface area contributed by atoms with E-state index < -0.39 is 0 Å². The maximum atomic E-state index is 10.6. The van der Waals surface area contributed by atoms with Crippen LogP contribution in [-0.4, -0.2) is 21.7 Å². The molecule has 0 saturated heterocycles. The minimum atomic E-state index is 0.261. The molecule has 0 aromatic carbocycles. The summed E-state index contributed by atoms with van der Waals surface area (Å²) in [5.74, 6) is 0. The Balaban J connectivity index is 3.42. The average Bonchev–Trinajstić information content (AvgIpc) is 1.98. The fourth-order valence-electron chi connectivity index (χ4n) is 0.424. The van der Waals surface area contributed by atoms with E-state index in [1.807, 2.05) is 0 Å². The van der Waals surface area contributed by atoms with E-state index in [0.717, 1.165) is 10.8 Å². The van der Waals surface area contributed by atoms with Gasteiger partial charge in [-0.1, -0.05) is 0 Å². The molecule has 0 unspecified atom stereocenters. The third-order valence-corrected chi connectivity index (χ3v) is 2.61. The number of nitrogens with zero attached hydrogens (tertiary/aromatic N) is 1. The summed E-state index contributed by atoms with van der Waals surface area (Å²) < 4.78 is 1.10. The van der Waals surface area contributed by atoms with Crippen LogP contribution in [0.1, 0.15) is 6.42 Å². The Labute approximate surface area is 71.8 Å². The van der Waals surface area contributed by atoms with Gasteiger partial charge in [-0.25, -0.2) is 0 Å². The topological polar surface area (TPSA) is 35.5 Å². The molecule has 0 bridgehead atoms. The molecule has 0 aliphatic heterocycles. The normalized spacial score (nSPS) is 9.90. The molecule has 0 heterocycles. The summed E-state index contributed by atoms with van der Waals surface area (Å²) in [6.45, 7) is 3.57. The third-order valence-electron chi connectivity index (χ3n) is 0.996. The number of alkyl halides is 2. The molecule has 0 radical (unpaired) electrons. The van der Waals surface area contributed by atoms with Crippen LogP contribution in [0.15, 0.2) is 12.3 Å². The van der Waals surface area contributed by atoms with Crippen molar-refractivity contribution in [2.24, 2.45) is 0 Å². The molecule has 0 saturated carbocycles. The second kappa shape index (κ2) is 5.94. The van der Waals surface area contributed by atoms with Crippen molar-refractivity contribution in [2.75, 3.05) is 16.5 Å². The number of hydrogen-bond acceptors (Lipinski definition) is 3. The predicted molar refractivity (Wildman–Crippen MR) is 36.8 cm³/mol. The summed E-state index contributed by atoms with van der Waals surface area (Å²) >= 11 is 0.261. The van der Waals surface area contributed by atoms with Gasteiger partial charge in [0.15, 0.2) is 0 Å². The SMILES string of the molecule is C=C(CC[I-]C)N([O-])OC. The summed E-state index contributed by atoms with van der Waals surface area (Å²) in [5, 5.41) is 11.1. The molecule has 0 atom stereocenters. The fourth-order valence-corrected chi connectivity index (χ4v) is 1.59. The first-order chi connectivity index (χ1) is 4.72. The molecule has 0 aromatic rings. The molecule has 0 aromatic heterocycles. The molecule has 3 nitrogen and oxygen atoms in total. The van der Waals surface area contributed by atoms with Crippen LogP contribution >= 0.6 is 0 Å². The average molecular weight is 257 g/mol. The maximum absolute atomic E-state index is 10.6. The molecule has 0 amide bonds. The molecule has 0 rings (SSSR count). The van der Waals surface area contributed by atoms with Crippen molar-refractivity contribution in [3.63, 3.8) is 0 Å². The number of hydroxylamine groups is 2. The van der Waals surface area contributed by atoms with Gasteiger partial charge in [-0.3, -0.25) is 0 Å². The van der Waals surface area contributed by atoms with E-state index in [4.69, 9.17) is 0 Å². The van der Waals surface area contributed by atoms with Crippen molar-refractivity contribution in [1.29, 1.82) is 0 Å². The molecule has 62 valence electrons. The fraction of sp³-hybridized carbons (Fsp3) is 0.667. The van der Waals surface area contributed by atoms with Crippen molar-refractivity contribution in [1.82, 2.24) is 5.23 Å². The summed E-state index contributed by atoms with van der Waals surface area (Å²) in [5.41, 5.74) is 0.518. The van der Waals surface area contributed by atoms with Crippen LogP contribution < -0.4 is 21.2 Å². The van der Waals surface area contributed by atoms with Crippen LogP contribution in [0, 0.1) is 5.21 Å². The van der Waals surface area contributed by atoms with Crippen molar-refractivity contribution in [2.45, 2.75) is 6.42 Å². The second-order valence-electron chi connectivity index (χ2n) is 1.71. The van der Waals surface area contributed by atoms with Gasteiger partial charge in [-0.2, -0.15) is 0 Å².